The largest absolute Gasteiger partial charge is 0.462 e. The maximum absolute atomic E-state index is 16.2. The van der Waals surface area contributed by atoms with Crippen molar-refractivity contribution in [2.75, 3.05) is 36.9 Å². The number of hydrogen-bond donors (Lipinski definition) is 2. The average Bonchev–Trinajstić information content (AvgIpc) is 2.85. The van der Waals surface area contributed by atoms with Gasteiger partial charge in [0.1, 0.15) is 29.5 Å². The third-order valence-electron chi connectivity index (χ3n) is 6.42. The molecule has 39 heavy (non-hydrogen) atoms. The number of hydrogen-bond acceptors (Lipinski definition) is 8. The Morgan fingerprint density at radius 1 is 1.10 bits per heavy atom. The number of nitrogens with two attached hydrogens (primary N) is 1. The predicted molar refractivity (Wildman–Crippen MR) is 140 cm³/mol. The third-order valence-corrected chi connectivity index (χ3v) is 6.42. The van der Waals surface area contributed by atoms with Crippen LogP contribution < -0.4 is 21.4 Å². The van der Waals surface area contributed by atoms with Crippen molar-refractivity contribution in [3.63, 3.8) is 0 Å². The van der Waals surface area contributed by atoms with E-state index >= 15 is 8.78 Å². The number of aromatic nitrogens is 1. The lowest BCUT2D eigenvalue weighted by Gasteiger charge is -2.41. The summed E-state index contributed by atoms with van der Waals surface area (Å²) in [6.45, 7) is 5.67. The van der Waals surface area contributed by atoms with E-state index in [1.54, 1.807) is 0 Å². The lowest BCUT2D eigenvalue weighted by atomic mass is 10.0. The van der Waals surface area contributed by atoms with Crippen LogP contribution in [0.15, 0.2) is 29.2 Å². The fourth-order valence-electron chi connectivity index (χ4n) is 4.52. The molecule has 1 aliphatic heterocycles. The molecular weight excluding hydrogens is 517 g/mol. The second-order valence-electron chi connectivity index (χ2n) is 9.22. The van der Waals surface area contributed by atoms with Gasteiger partial charge in [0.05, 0.1) is 28.9 Å². The first-order chi connectivity index (χ1) is 18.6. The van der Waals surface area contributed by atoms with E-state index in [9.17, 15) is 18.8 Å². The van der Waals surface area contributed by atoms with Crippen LogP contribution in [0.3, 0.4) is 0 Å². The first-order valence-electron chi connectivity index (χ1n) is 12.5. The van der Waals surface area contributed by atoms with E-state index in [2.05, 4.69) is 5.32 Å². The third kappa shape index (κ3) is 5.42. The van der Waals surface area contributed by atoms with Crippen LogP contribution in [0, 0.1) is 17.5 Å². The summed E-state index contributed by atoms with van der Waals surface area (Å²) in [6, 6.07) is 3.08. The minimum absolute atomic E-state index is 0.0215. The SMILES string of the molecule is CCCNC1CN(c2c(F)cc3c(=O)c(C(=O)OCC)cn(-c4cc(N)c(F)cc4COC(C)=O)c3c2F)C1. The molecule has 3 N–H and O–H groups in total. The minimum Gasteiger partial charge on any atom is -0.462 e. The Kier molecular flexibility index (Phi) is 8.14. The highest BCUT2D eigenvalue weighted by atomic mass is 19.1. The van der Waals surface area contributed by atoms with Crippen LogP contribution in [0.4, 0.5) is 24.5 Å². The number of nitrogens with zero attached hydrogens (tertiary/aromatic N) is 2. The maximum Gasteiger partial charge on any atom is 0.343 e. The zero-order valence-corrected chi connectivity index (χ0v) is 21.8. The lowest BCUT2D eigenvalue weighted by molar-refractivity contribution is -0.142. The standard InChI is InChI=1S/C27H29F3N4O5/c1-4-6-32-16-10-33(11-16)25-20(29)8-17-24(23(25)30)34(12-18(26(17)36)27(37)38-5-2)22-9-21(31)19(28)7-15(22)13-39-14(3)35/h7-9,12,16,32H,4-6,10-11,13,31H2,1-3H3. The van der Waals surface area contributed by atoms with E-state index in [1.165, 1.54) is 11.8 Å². The Morgan fingerprint density at radius 2 is 1.82 bits per heavy atom. The van der Waals surface area contributed by atoms with Crippen molar-refractivity contribution in [2.45, 2.75) is 39.8 Å². The molecule has 4 rings (SSSR count). The highest BCUT2D eigenvalue weighted by Crippen LogP contribution is 2.35. The molecule has 1 aromatic heterocycles. The molecule has 2 aromatic carbocycles. The molecule has 0 unspecified atom stereocenters. The van der Waals surface area contributed by atoms with Crippen molar-refractivity contribution in [1.82, 2.24) is 9.88 Å². The molecule has 0 amide bonds. The molecule has 1 fully saturated rings. The Hall–Kier alpha value is -4.06. The first-order valence-corrected chi connectivity index (χ1v) is 12.5. The van der Waals surface area contributed by atoms with Gasteiger partial charge in [0, 0.05) is 37.8 Å². The van der Waals surface area contributed by atoms with Crippen LogP contribution in [-0.2, 0) is 20.9 Å². The van der Waals surface area contributed by atoms with E-state index in [0.29, 0.717) is 13.1 Å². The fraction of sp³-hybridized carbons (Fsp3) is 0.370. The van der Waals surface area contributed by atoms with Crippen LogP contribution in [0.5, 0.6) is 0 Å². The number of halogens is 3. The van der Waals surface area contributed by atoms with E-state index in [-0.39, 0.29) is 40.8 Å². The molecule has 1 aliphatic rings. The van der Waals surface area contributed by atoms with Gasteiger partial charge in [0.25, 0.3) is 0 Å². The van der Waals surface area contributed by atoms with Gasteiger partial charge in [-0.2, -0.15) is 0 Å². The van der Waals surface area contributed by atoms with Gasteiger partial charge in [-0.25, -0.2) is 18.0 Å². The van der Waals surface area contributed by atoms with Crippen molar-refractivity contribution in [2.24, 2.45) is 0 Å². The van der Waals surface area contributed by atoms with E-state index in [0.717, 1.165) is 48.9 Å². The summed E-state index contributed by atoms with van der Waals surface area (Å²) in [7, 11) is 0. The minimum atomic E-state index is -1.05. The van der Waals surface area contributed by atoms with Gasteiger partial charge in [-0.15, -0.1) is 0 Å². The molecule has 3 aromatic rings. The summed E-state index contributed by atoms with van der Waals surface area (Å²) in [6.07, 6.45) is 1.94. The molecule has 0 aliphatic carbocycles. The zero-order chi connectivity index (χ0) is 28.4. The number of esters is 2. The number of nitrogens with one attached hydrogen (secondary N) is 1. The Morgan fingerprint density at radius 3 is 2.46 bits per heavy atom. The maximum atomic E-state index is 16.2. The van der Waals surface area contributed by atoms with Gasteiger partial charge in [-0.3, -0.25) is 9.59 Å². The van der Waals surface area contributed by atoms with E-state index < -0.39 is 52.4 Å². The van der Waals surface area contributed by atoms with E-state index in [4.69, 9.17) is 15.2 Å². The number of anilines is 2. The van der Waals surface area contributed by atoms with E-state index in [1.807, 2.05) is 6.92 Å². The van der Waals surface area contributed by atoms with Gasteiger partial charge in [0.15, 0.2) is 5.82 Å². The van der Waals surface area contributed by atoms with Crippen LogP contribution in [-0.4, -0.2) is 48.8 Å². The molecule has 0 atom stereocenters. The second kappa shape index (κ2) is 11.4. The molecule has 2 heterocycles. The van der Waals surface area contributed by atoms with Crippen molar-refractivity contribution in [3.8, 4) is 5.69 Å². The lowest BCUT2D eigenvalue weighted by Crippen LogP contribution is -2.58. The molecule has 0 saturated carbocycles. The highest BCUT2D eigenvalue weighted by molar-refractivity contribution is 5.95. The number of ether oxygens (including phenoxy) is 2. The van der Waals surface area contributed by atoms with Gasteiger partial charge in [-0.1, -0.05) is 6.92 Å². The topological polar surface area (TPSA) is 116 Å². The van der Waals surface area contributed by atoms with Crippen molar-refractivity contribution >= 4 is 34.2 Å². The highest BCUT2D eigenvalue weighted by Gasteiger charge is 2.33. The Labute approximate surface area is 222 Å². The Bertz CT molecular complexity index is 1500. The molecule has 0 bridgehead atoms. The van der Waals surface area contributed by atoms with Crippen molar-refractivity contribution in [1.29, 1.82) is 0 Å². The van der Waals surface area contributed by atoms with Crippen molar-refractivity contribution in [3.05, 3.63) is 63.2 Å². The Balaban J connectivity index is 1.99. The molecule has 12 heteroatoms. The van der Waals surface area contributed by atoms with Crippen LogP contribution >= 0.6 is 0 Å². The van der Waals surface area contributed by atoms with Gasteiger partial charge >= 0.3 is 11.9 Å². The molecular formula is C27H29F3N4O5. The summed E-state index contributed by atoms with van der Waals surface area (Å²) >= 11 is 0. The number of rotatable bonds is 9. The molecule has 1 saturated heterocycles. The number of nitrogen functional groups attached to an aromatic ring is 1. The number of fused-ring (bicyclic) bond motifs is 1. The number of carbonyl (C=O) groups excluding carboxylic acids is 2. The summed E-state index contributed by atoms with van der Waals surface area (Å²) in [4.78, 5) is 38.9. The van der Waals surface area contributed by atoms with Gasteiger partial charge < -0.3 is 30.0 Å². The van der Waals surface area contributed by atoms with Crippen LogP contribution in [0.2, 0.25) is 0 Å². The molecule has 0 spiro atoms. The fourth-order valence-corrected chi connectivity index (χ4v) is 4.52. The summed E-state index contributed by atoms with van der Waals surface area (Å²) < 4.78 is 57.1. The second-order valence-corrected chi connectivity index (χ2v) is 9.22. The summed E-state index contributed by atoms with van der Waals surface area (Å²) in [5, 5.41) is 2.85. The first kappa shape index (κ1) is 28.0. The van der Waals surface area contributed by atoms with Crippen LogP contribution in [0.1, 0.15) is 43.1 Å². The van der Waals surface area contributed by atoms with Crippen LogP contribution in [0.25, 0.3) is 16.6 Å². The smallest absolute Gasteiger partial charge is 0.343 e. The summed E-state index contributed by atoms with van der Waals surface area (Å²) in [5.41, 5.74) is 3.44. The monoisotopic (exact) mass is 546 g/mol. The number of benzene rings is 2. The summed E-state index contributed by atoms with van der Waals surface area (Å²) in [5.74, 6) is -4.51. The normalized spacial score (nSPS) is 13.4. The molecule has 0 radical (unpaired) electrons. The molecule has 9 nitrogen and oxygen atoms in total. The van der Waals surface area contributed by atoms with Gasteiger partial charge in [-0.05, 0) is 38.1 Å². The predicted octanol–water partition coefficient (Wildman–Crippen LogP) is 3.42. The quantitative estimate of drug-likeness (QED) is 0.310. The zero-order valence-electron chi connectivity index (χ0n) is 21.8. The average molecular weight is 547 g/mol. The van der Waals surface area contributed by atoms with Gasteiger partial charge in [0.2, 0.25) is 5.43 Å². The molecule has 208 valence electrons. The number of carbonyl (C=O) groups is 2. The van der Waals surface area contributed by atoms with Crippen molar-refractivity contribution < 1.29 is 32.2 Å². The number of pyridine rings is 1.